The fourth-order valence-corrected chi connectivity index (χ4v) is 3.24. The number of carbonyl (C=O) groups is 1. The highest BCUT2D eigenvalue weighted by atomic mass is 16.5. The van der Waals surface area contributed by atoms with Crippen LogP contribution in [-0.2, 0) is 11.4 Å². The molecule has 0 aliphatic heterocycles. The van der Waals surface area contributed by atoms with Crippen molar-refractivity contribution in [1.29, 1.82) is 0 Å². The number of fused-ring (bicyclic) bond motifs is 1. The fraction of sp³-hybridized carbons (Fsp3) is 0.125. The molecule has 0 spiro atoms. The Balaban J connectivity index is 1.50. The number of hydrogen-bond acceptors (Lipinski definition) is 7. The molecule has 4 N–H and O–H groups in total. The van der Waals surface area contributed by atoms with Gasteiger partial charge in [0.2, 0.25) is 5.82 Å². The number of H-pyrrole nitrogens is 2. The third kappa shape index (κ3) is 5.36. The Hall–Kier alpha value is -4.73. The number of rotatable bonds is 8. The predicted octanol–water partition coefficient (Wildman–Crippen LogP) is 2.14. The molecule has 0 aliphatic carbocycles. The molecular formula is C24H22N6O4. The third-order valence-electron chi connectivity index (χ3n) is 4.99. The summed E-state index contributed by atoms with van der Waals surface area (Å²) in [6.45, 7) is 1.91. The molecule has 10 heteroatoms. The maximum Gasteiger partial charge on any atom is 0.342 e. The van der Waals surface area contributed by atoms with Gasteiger partial charge in [-0.2, -0.15) is 5.10 Å². The van der Waals surface area contributed by atoms with E-state index in [2.05, 4.69) is 26.0 Å². The molecule has 1 aromatic heterocycles. The quantitative estimate of drug-likeness (QED) is 0.235. The van der Waals surface area contributed by atoms with Gasteiger partial charge in [0.1, 0.15) is 18.4 Å². The number of hydrogen-bond donors (Lipinski definition) is 4. The highest BCUT2D eigenvalue weighted by Gasteiger charge is 2.15. The van der Waals surface area contributed by atoms with Crippen LogP contribution in [0.25, 0.3) is 10.8 Å². The van der Waals surface area contributed by atoms with Crippen LogP contribution in [0.5, 0.6) is 5.75 Å². The van der Waals surface area contributed by atoms with Crippen molar-refractivity contribution >= 4 is 28.7 Å². The molecule has 0 bridgehead atoms. The lowest BCUT2D eigenvalue weighted by atomic mass is 10.0. The minimum Gasteiger partial charge on any atom is -0.488 e. The highest BCUT2D eigenvalue weighted by Crippen LogP contribution is 2.27. The first kappa shape index (κ1) is 22.5. The summed E-state index contributed by atoms with van der Waals surface area (Å²) in [5.41, 5.74) is 2.72. The molecule has 0 saturated carbocycles. The molecule has 0 fully saturated rings. The van der Waals surface area contributed by atoms with Crippen molar-refractivity contribution in [1.82, 2.24) is 20.6 Å². The van der Waals surface area contributed by atoms with E-state index in [4.69, 9.17) is 4.74 Å². The molecule has 1 amide bonds. The van der Waals surface area contributed by atoms with E-state index in [9.17, 15) is 14.4 Å². The monoisotopic (exact) mass is 458 g/mol. The van der Waals surface area contributed by atoms with Crippen molar-refractivity contribution in [3.8, 4) is 5.75 Å². The van der Waals surface area contributed by atoms with Crippen LogP contribution in [0.3, 0.4) is 0 Å². The third-order valence-corrected chi connectivity index (χ3v) is 4.99. The largest absolute Gasteiger partial charge is 0.488 e. The lowest BCUT2D eigenvalue weighted by Crippen LogP contribution is -2.38. The van der Waals surface area contributed by atoms with Gasteiger partial charge >= 0.3 is 5.69 Å². The molecule has 4 aromatic rings. The molecule has 1 heterocycles. The van der Waals surface area contributed by atoms with Gasteiger partial charge in [0.05, 0.1) is 6.21 Å². The summed E-state index contributed by atoms with van der Waals surface area (Å²) < 4.78 is 6.05. The van der Waals surface area contributed by atoms with Gasteiger partial charge < -0.3 is 10.1 Å². The molecule has 3 aromatic carbocycles. The molecule has 34 heavy (non-hydrogen) atoms. The molecule has 10 nitrogen and oxygen atoms in total. The first-order chi connectivity index (χ1) is 16.5. The Morgan fingerprint density at radius 1 is 1.09 bits per heavy atom. The van der Waals surface area contributed by atoms with E-state index in [1.807, 2.05) is 71.7 Å². The number of hydrazone groups is 1. The average molecular weight is 458 g/mol. The van der Waals surface area contributed by atoms with E-state index in [0.29, 0.717) is 17.9 Å². The van der Waals surface area contributed by atoms with Crippen molar-refractivity contribution in [2.24, 2.45) is 5.10 Å². The van der Waals surface area contributed by atoms with Gasteiger partial charge in [0, 0.05) is 5.56 Å². The summed E-state index contributed by atoms with van der Waals surface area (Å²) in [7, 11) is 0. The van der Waals surface area contributed by atoms with Gasteiger partial charge in [-0.05, 0) is 29.3 Å². The normalized spacial score (nSPS) is 11.9. The number of nitrogens with zero attached hydrogens (tertiary/aromatic N) is 2. The Morgan fingerprint density at radius 3 is 2.65 bits per heavy atom. The average Bonchev–Trinajstić information content (AvgIpc) is 2.85. The summed E-state index contributed by atoms with van der Waals surface area (Å²) in [5, 5.41) is 14.3. The van der Waals surface area contributed by atoms with Gasteiger partial charge in [-0.15, -0.1) is 5.10 Å². The second-order valence-electron chi connectivity index (χ2n) is 7.43. The molecule has 0 radical (unpaired) electrons. The number of carbonyl (C=O) groups excluding carboxylic acids is 1. The minimum absolute atomic E-state index is 0.183. The number of ether oxygens (including phenoxy) is 1. The SMILES string of the molecule is C[C@H](Nc1n[nH]c(=O)[nH]c1=O)C(=O)NN=Cc1c(OCc2ccccc2)ccc2ccccc12. The van der Waals surface area contributed by atoms with Crippen LogP contribution in [0.2, 0.25) is 0 Å². The van der Waals surface area contributed by atoms with Crippen LogP contribution >= 0.6 is 0 Å². The van der Waals surface area contributed by atoms with Gasteiger partial charge in [-0.3, -0.25) is 14.6 Å². The molecule has 4 rings (SSSR count). The first-order valence-electron chi connectivity index (χ1n) is 10.5. The van der Waals surface area contributed by atoms with Crippen LogP contribution in [0.15, 0.2) is 81.4 Å². The predicted molar refractivity (Wildman–Crippen MR) is 129 cm³/mol. The second kappa shape index (κ2) is 10.3. The molecule has 0 aliphatic rings. The van der Waals surface area contributed by atoms with Crippen molar-refractivity contribution < 1.29 is 9.53 Å². The Morgan fingerprint density at radius 2 is 1.85 bits per heavy atom. The Labute approximate surface area is 193 Å². The van der Waals surface area contributed by atoms with Crippen molar-refractivity contribution in [3.63, 3.8) is 0 Å². The maximum absolute atomic E-state index is 12.4. The van der Waals surface area contributed by atoms with E-state index in [-0.39, 0.29) is 5.82 Å². The zero-order chi connectivity index (χ0) is 23.9. The zero-order valence-corrected chi connectivity index (χ0v) is 18.2. The lowest BCUT2D eigenvalue weighted by Gasteiger charge is -2.13. The Bertz CT molecular complexity index is 1450. The van der Waals surface area contributed by atoms with Gasteiger partial charge in [-0.1, -0.05) is 60.7 Å². The van der Waals surface area contributed by atoms with Gasteiger partial charge in [0.15, 0.2) is 0 Å². The van der Waals surface area contributed by atoms with Gasteiger partial charge in [-0.25, -0.2) is 15.3 Å². The lowest BCUT2D eigenvalue weighted by molar-refractivity contribution is -0.121. The molecule has 1 atom stereocenters. The van der Waals surface area contributed by atoms with Crippen LogP contribution in [-0.4, -0.2) is 33.3 Å². The summed E-state index contributed by atoms with van der Waals surface area (Å²) in [5.74, 6) is -0.0665. The Kier molecular flexibility index (Phi) is 6.78. The van der Waals surface area contributed by atoms with Crippen LogP contribution in [0.1, 0.15) is 18.1 Å². The van der Waals surface area contributed by atoms with E-state index < -0.39 is 23.2 Å². The zero-order valence-electron chi connectivity index (χ0n) is 18.2. The van der Waals surface area contributed by atoms with Crippen molar-refractivity contribution in [2.45, 2.75) is 19.6 Å². The van der Waals surface area contributed by atoms with Crippen LogP contribution in [0.4, 0.5) is 5.82 Å². The van der Waals surface area contributed by atoms with Crippen LogP contribution < -0.4 is 26.7 Å². The molecule has 172 valence electrons. The van der Waals surface area contributed by atoms with Crippen molar-refractivity contribution in [3.05, 3.63) is 98.7 Å². The van der Waals surface area contributed by atoms with E-state index >= 15 is 0 Å². The number of aromatic nitrogens is 3. The van der Waals surface area contributed by atoms with Crippen LogP contribution in [0, 0.1) is 0 Å². The van der Waals surface area contributed by atoms with Gasteiger partial charge in [0.25, 0.3) is 11.5 Å². The molecular weight excluding hydrogens is 436 g/mol. The number of aromatic amines is 2. The summed E-state index contributed by atoms with van der Waals surface area (Å²) >= 11 is 0. The molecule has 0 unspecified atom stereocenters. The van der Waals surface area contributed by atoms with E-state index in [1.165, 1.54) is 13.1 Å². The summed E-state index contributed by atoms with van der Waals surface area (Å²) in [4.78, 5) is 37.3. The number of benzene rings is 3. The maximum atomic E-state index is 12.4. The smallest absolute Gasteiger partial charge is 0.342 e. The number of amides is 1. The van der Waals surface area contributed by atoms with E-state index in [1.54, 1.807) is 0 Å². The molecule has 0 saturated heterocycles. The van der Waals surface area contributed by atoms with Crippen molar-refractivity contribution in [2.75, 3.05) is 5.32 Å². The number of nitrogens with one attached hydrogen (secondary N) is 4. The highest BCUT2D eigenvalue weighted by molar-refractivity contribution is 6.02. The first-order valence-corrected chi connectivity index (χ1v) is 10.5. The fourth-order valence-electron chi connectivity index (χ4n) is 3.24. The minimum atomic E-state index is -0.849. The standard InChI is InChI=1S/C24H22N6O4/c1-15(26-21-23(32)27-24(33)30-28-21)22(31)29-25-13-19-18-10-6-5-9-17(18)11-12-20(19)34-14-16-7-3-2-4-8-16/h2-13,15H,14H2,1H3,(H,26,28)(H,29,31)(H2,27,30,32,33)/t15-/m0/s1. The number of anilines is 1. The summed E-state index contributed by atoms with van der Waals surface area (Å²) in [6.07, 6.45) is 1.53. The van der Waals surface area contributed by atoms with E-state index in [0.717, 1.165) is 16.3 Å². The topological polar surface area (TPSA) is 141 Å². The summed E-state index contributed by atoms with van der Waals surface area (Å²) in [6, 6.07) is 20.6. The second-order valence-corrected chi connectivity index (χ2v) is 7.43.